The van der Waals surface area contributed by atoms with Crippen LogP contribution >= 0.6 is 0 Å². The third-order valence-corrected chi connectivity index (χ3v) is 4.60. The Kier molecular flexibility index (Phi) is 6.87. The number of nitrogens with zero attached hydrogens (tertiary/aromatic N) is 2. The predicted octanol–water partition coefficient (Wildman–Crippen LogP) is 3.44. The van der Waals surface area contributed by atoms with Crippen LogP contribution in [0.3, 0.4) is 0 Å². The summed E-state index contributed by atoms with van der Waals surface area (Å²) in [6, 6.07) is 9.63. The third kappa shape index (κ3) is 5.58. The number of alkyl halides is 3. The molecule has 0 spiro atoms. The van der Waals surface area contributed by atoms with E-state index in [1.54, 1.807) is 0 Å². The molecule has 2 aromatic carbocycles. The molecule has 2 aromatic rings. The summed E-state index contributed by atoms with van der Waals surface area (Å²) in [7, 11) is 1.39. The number of amides is 1. The molecule has 1 aliphatic rings. The van der Waals surface area contributed by atoms with Crippen LogP contribution in [0.25, 0.3) is 0 Å². The number of methoxy groups -OCH3 is 1. The maximum absolute atomic E-state index is 13.2. The molecule has 10 heteroatoms. The summed E-state index contributed by atoms with van der Waals surface area (Å²) in [5, 5.41) is 11.5. The highest BCUT2D eigenvalue weighted by molar-refractivity contribution is 5.95. The zero-order chi connectivity index (χ0) is 22.4. The van der Waals surface area contributed by atoms with Gasteiger partial charge in [-0.15, -0.1) is 0 Å². The maximum Gasteiger partial charge on any atom is 0.416 e. The van der Waals surface area contributed by atoms with Crippen LogP contribution in [-0.2, 0) is 15.7 Å². The SMILES string of the molecule is COc1cc(C#N)ccc1OCC(=O)Nc1cc(C(F)(F)F)ccc1N1CCOCC1. The van der Waals surface area contributed by atoms with Crippen LogP contribution < -0.4 is 19.7 Å². The molecule has 1 saturated heterocycles. The number of halogens is 3. The summed E-state index contributed by atoms with van der Waals surface area (Å²) in [6.45, 7) is 1.41. The average molecular weight is 435 g/mol. The van der Waals surface area contributed by atoms with Crippen LogP contribution in [0.15, 0.2) is 36.4 Å². The van der Waals surface area contributed by atoms with Gasteiger partial charge in [0.1, 0.15) is 0 Å². The summed E-state index contributed by atoms with van der Waals surface area (Å²) < 4.78 is 55.4. The van der Waals surface area contributed by atoms with E-state index in [2.05, 4.69) is 5.32 Å². The average Bonchev–Trinajstić information content (AvgIpc) is 2.77. The molecule has 0 unspecified atom stereocenters. The van der Waals surface area contributed by atoms with Gasteiger partial charge in [-0.2, -0.15) is 18.4 Å². The fraction of sp³-hybridized carbons (Fsp3) is 0.333. The topological polar surface area (TPSA) is 83.8 Å². The van der Waals surface area contributed by atoms with Crippen LogP contribution in [0.2, 0.25) is 0 Å². The van der Waals surface area contributed by atoms with Gasteiger partial charge in [-0.1, -0.05) is 0 Å². The number of carbonyl (C=O) groups excluding carboxylic acids is 1. The van der Waals surface area contributed by atoms with E-state index in [1.807, 2.05) is 11.0 Å². The third-order valence-electron chi connectivity index (χ3n) is 4.60. The number of rotatable bonds is 6. The molecular formula is C21H20F3N3O4. The van der Waals surface area contributed by atoms with E-state index in [9.17, 15) is 18.0 Å². The standard InChI is InChI=1S/C21H20F3N3O4/c1-29-19-10-14(12-25)2-5-18(19)31-13-20(28)26-16-11-15(21(22,23)24)3-4-17(16)27-6-8-30-9-7-27/h2-5,10-11H,6-9,13H2,1H3,(H,26,28). The lowest BCUT2D eigenvalue weighted by molar-refractivity contribution is -0.137. The number of hydrogen-bond donors (Lipinski definition) is 1. The van der Waals surface area contributed by atoms with Crippen LogP contribution in [-0.4, -0.2) is 45.9 Å². The molecule has 0 atom stereocenters. The minimum absolute atomic E-state index is 0.0390. The molecule has 0 radical (unpaired) electrons. The first-order valence-electron chi connectivity index (χ1n) is 9.36. The van der Waals surface area contributed by atoms with Gasteiger partial charge in [0.15, 0.2) is 18.1 Å². The van der Waals surface area contributed by atoms with Gasteiger partial charge in [0, 0.05) is 19.2 Å². The van der Waals surface area contributed by atoms with E-state index in [4.69, 9.17) is 19.5 Å². The van der Waals surface area contributed by atoms with E-state index in [0.29, 0.717) is 37.6 Å². The van der Waals surface area contributed by atoms with Gasteiger partial charge < -0.3 is 24.4 Å². The van der Waals surface area contributed by atoms with Crippen molar-refractivity contribution >= 4 is 17.3 Å². The van der Waals surface area contributed by atoms with E-state index in [0.717, 1.165) is 12.1 Å². The largest absolute Gasteiger partial charge is 0.493 e. The zero-order valence-corrected chi connectivity index (χ0v) is 16.7. The second-order valence-electron chi connectivity index (χ2n) is 6.64. The van der Waals surface area contributed by atoms with Crippen molar-refractivity contribution < 1.29 is 32.2 Å². The van der Waals surface area contributed by atoms with Crippen LogP contribution in [0.4, 0.5) is 24.5 Å². The molecule has 0 aliphatic carbocycles. The summed E-state index contributed by atoms with van der Waals surface area (Å²) in [6.07, 6.45) is -4.55. The Labute approximate surface area is 176 Å². The molecule has 3 rings (SSSR count). The Bertz CT molecular complexity index is 983. The maximum atomic E-state index is 13.2. The number of hydrogen-bond acceptors (Lipinski definition) is 6. The van der Waals surface area contributed by atoms with Crippen LogP contribution in [0.5, 0.6) is 11.5 Å². The van der Waals surface area contributed by atoms with Gasteiger partial charge in [-0.25, -0.2) is 0 Å². The Morgan fingerprint density at radius 3 is 2.58 bits per heavy atom. The Morgan fingerprint density at radius 2 is 1.94 bits per heavy atom. The van der Waals surface area contributed by atoms with E-state index in [-0.39, 0.29) is 17.2 Å². The highest BCUT2D eigenvalue weighted by Crippen LogP contribution is 2.36. The molecule has 1 fully saturated rings. The molecule has 1 amide bonds. The lowest BCUT2D eigenvalue weighted by atomic mass is 10.1. The van der Waals surface area contributed by atoms with E-state index < -0.39 is 24.3 Å². The van der Waals surface area contributed by atoms with Crippen molar-refractivity contribution in [3.05, 3.63) is 47.5 Å². The number of nitrogens with one attached hydrogen (secondary N) is 1. The van der Waals surface area contributed by atoms with E-state index in [1.165, 1.54) is 31.4 Å². The summed E-state index contributed by atoms with van der Waals surface area (Å²) in [5.74, 6) is -0.144. The van der Waals surface area contributed by atoms with Crippen molar-refractivity contribution in [1.82, 2.24) is 0 Å². The molecule has 1 heterocycles. The molecular weight excluding hydrogens is 415 g/mol. The lowest BCUT2D eigenvalue weighted by Crippen LogP contribution is -2.37. The second kappa shape index (κ2) is 9.57. The minimum Gasteiger partial charge on any atom is -0.493 e. The Morgan fingerprint density at radius 1 is 1.19 bits per heavy atom. The smallest absolute Gasteiger partial charge is 0.416 e. The molecule has 0 aromatic heterocycles. The van der Waals surface area contributed by atoms with E-state index >= 15 is 0 Å². The quantitative estimate of drug-likeness (QED) is 0.749. The Hall–Kier alpha value is -3.45. The van der Waals surface area contributed by atoms with Crippen molar-refractivity contribution in [2.75, 3.05) is 50.2 Å². The summed E-state index contributed by atoms with van der Waals surface area (Å²) in [4.78, 5) is 14.3. The molecule has 1 aliphatic heterocycles. The van der Waals surface area contributed by atoms with Crippen molar-refractivity contribution in [3.63, 3.8) is 0 Å². The number of morpholine rings is 1. The zero-order valence-electron chi connectivity index (χ0n) is 16.7. The van der Waals surface area contributed by atoms with Crippen molar-refractivity contribution in [1.29, 1.82) is 5.26 Å². The van der Waals surface area contributed by atoms with Gasteiger partial charge >= 0.3 is 6.18 Å². The fourth-order valence-corrected chi connectivity index (χ4v) is 3.08. The number of carbonyl (C=O) groups is 1. The van der Waals surface area contributed by atoms with Crippen molar-refractivity contribution in [2.24, 2.45) is 0 Å². The summed E-state index contributed by atoms with van der Waals surface area (Å²) in [5.41, 5.74) is -0.0000171. The van der Waals surface area contributed by atoms with Crippen LogP contribution in [0, 0.1) is 11.3 Å². The highest BCUT2D eigenvalue weighted by atomic mass is 19.4. The lowest BCUT2D eigenvalue weighted by Gasteiger charge is -2.31. The predicted molar refractivity (Wildman–Crippen MR) is 106 cm³/mol. The highest BCUT2D eigenvalue weighted by Gasteiger charge is 2.32. The minimum atomic E-state index is -4.55. The van der Waals surface area contributed by atoms with Crippen LogP contribution in [0.1, 0.15) is 11.1 Å². The van der Waals surface area contributed by atoms with Gasteiger partial charge in [-0.3, -0.25) is 4.79 Å². The molecule has 1 N–H and O–H groups in total. The first-order valence-corrected chi connectivity index (χ1v) is 9.36. The Balaban J connectivity index is 1.77. The summed E-state index contributed by atoms with van der Waals surface area (Å²) >= 11 is 0. The molecule has 31 heavy (non-hydrogen) atoms. The van der Waals surface area contributed by atoms with Gasteiger partial charge in [0.25, 0.3) is 5.91 Å². The molecule has 7 nitrogen and oxygen atoms in total. The molecule has 0 saturated carbocycles. The van der Waals surface area contributed by atoms with Gasteiger partial charge in [0.2, 0.25) is 0 Å². The molecule has 0 bridgehead atoms. The number of nitriles is 1. The van der Waals surface area contributed by atoms with Gasteiger partial charge in [-0.05, 0) is 30.3 Å². The first kappa shape index (κ1) is 22.2. The number of anilines is 2. The van der Waals surface area contributed by atoms with Gasteiger partial charge in [0.05, 0.1) is 48.9 Å². The monoisotopic (exact) mass is 435 g/mol. The first-order chi connectivity index (χ1) is 14.8. The number of ether oxygens (including phenoxy) is 3. The van der Waals surface area contributed by atoms with Crippen molar-refractivity contribution in [3.8, 4) is 17.6 Å². The normalized spacial score (nSPS) is 14.0. The second-order valence-corrected chi connectivity index (χ2v) is 6.64. The fourth-order valence-electron chi connectivity index (χ4n) is 3.08. The van der Waals surface area contributed by atoms with Crippen molar-refractivity contribution in [2.45, 2.75) is 6.18 Å². The molecule has 164 valence electrons. The number of benzene rings is 2.